The van der Waals surface area contributed by atoms with E-state index in [1.165, 1.54) is 17.6 Å². The Hall–Kier alpha value is -2.98. The van der Waals surface area contributed by atoms with Crippen LogP contribution in [-0.2, 0) is 27.3 Å². The number of aromatic nitrogens is 1. The molecule has 2 N–H and O–H groups in total. The molecule has 0 aliphatic heterocycles. The van der Waals surface area contributed by atoms with Gasteiger partial charge in [0.25, 0.3) is 5.91 Å². The van der Waals surface area contributed by atoms with Crippen molar-refractivity contribution in [1.29, 1.82) is 0 Å². The lowest BCUT2D eigenvalue weighted by Crippen LogP contribution is -2.41. The van der Waals surface area contributed by atoms with E-state index in [1.807, 2.05) is 16.8 Å². The third kappa shape index (κ3) is 5.76. The highest BCUT2D eigenvalue weighted by molar-refractivity contribution is 7.14. The zero-order valence-corrected chi connectivity index (χ0v) is 15.6. The van der Waals surface area contributed by atoms with Gasteiger partial charge in [0.05, 0.1) is 24.9 Å². The summed E-state index contributed by atoms with van der Waals surface area (Å²) in [6.45, 7) is -0.406. The number of esters is 1. The molecular weight excluding hydrogens is 390 g/mol. The van der Waals surface area contributed by atoms with Gasteiger partial charge in [-0.1, -0.05) is 0 Å². The number of carbonyl (C=O) groups excluding carboxylic acids is 3. The highest BCUT2D eigenvalue weighted by Crippen LogP contribution is 2.25. The van der Waals surface area contributed by atoms with Crippen molar-refractivity contribution in [3.8, 4) is 10.6 Å². The molecule has 140 valence electrons. The quantitative estimate of drug-likeness (QED) is 0.585. The number of thiophene rings is 1. The molecule has 10 heteroatoms. The van der Waals surface area contributed by atoms with Crippen molar-refractivity contribution >= 4 is 40.6 Å². The van der Waals surface area contributed by atoms with Gasteiger partial charge in [-0.05, 0) is 23.6 Å². The molecule has 3 heterocycles. The molecule has 0 radical (unpaired) electrons. The van der Waals surface area contributed by atoms with Crippen LogP contribution in [0, 0.1) is 0 Å². The second-order valence-corrected chi connectivity index (χ2v) is 6.94. The van der Waals surface area contributed by atoms with Crippen molar-refractivity contribution in [2.75, 3.05) is 6.61 Å². The van der Waals surface area contributed by atoms with Crippen molar-refractivity contribution in [2.45, 2.75) is 13.0 Å². The summed E-state index contributed by atoms with van der Waals surface area (Å²) < 4.78 is 9.92. The molecule has 0 atom stereocenters. The monoisotopic (exact) mass is 405 g/mol. The fourth-order valence-corrected chi connectivity index (χ4v) is 3.57. The minimum atomic E-state index is -0.725. The fraction of sp³-hybridized carbons (Fsp3) is 0.176. The number of imide groups is 1. The lowest BCUT2D eigenvalue weighted by molar-refractivity contribution is -0.147. The molecular formula is C17H15N3O5S2. The number of thiazole rings is 1. The average Bonchev–Trinajstić information content (AvgIpc) is 3.39. The Morgan fingerprint density at radius 1 is 1.22 bits per heavy atom. The van der Waals surface area contributed by atoms with Gasteiger partial charge in [0.15, 0.2) is 6.61 Å². The predicted molar refractivity (Wildman–Crippen MR) is 99.2 cm³/mol. The van der Waals surface area contributed by atoms with Gasteiger partial charge in [0.1, 0.15) is 10.8 Å². The van der Waals surface area contributed by atoms with E-state index in [0.717, 1.165) is 10.6 Å². The van der Waals surface area contributed by atoms with Crippen LogP contribution in [-0.4, -0.2) is 29.5 Å². The van der Waals surface area contributed by atoms with E-state index in [-0.39, 0.29) is 13.0 Å². The SMILES string of the molecule is O=C(COC(=O)Cc1csc(-c2ccsc2)n1)NC(=O)NCc1ccco1. The normalized spacial score (nSPS) is 10.4. The van der Waals surface area contributed by atoms with E-state index in [0.29, 0.717) is 11.5 Å². The Bertz CT molecular complexity index is 903. The Morgan fingerprint density at radius 2 is 2.11 bits per heavy atom. The second-order valence-electron chi connectivity index (χ2n) is 5.30. The van der Waals surface area contributed by atoms with E-state index < -0.39 is 24.5 Å². The van der Waals surface area contributed by atoms with Crippen LogP contribution < -0.4 is 10.6 Å². The minimum absolute atomic E-state index is 0.0430. The van der Waals surface area contributed by atoms with Crippen molar-refractivity contribution < 1.29 is 23.5 Å². The van der Waals surface area contributed by atoms with Gasteiger partial charge in [0, 0.05) is 16.3 Å². The first-order valence-electron chi connectivity index (χ1n) is 7.83. The summed E-state index contributed by atoms with van der Waals surface area (Å²) in [5, 5.41) is 11.0. The standard InChI is InChI=1S/C17H15N3O5S2/c21-14(20-17(23)18-7-13-2-1-4-24-13)8-25-15(22)6-12-10-27-16(19-12)11-3-5-26-9-11/h1-5,9-10H,6-8H2,(H2,18,20,21,23). The van der Waals surface area contributed by atoms with Gasteiger partial charge >= 0.3 is 12.0 Å². The number of hydrogen-bond acceptors (Lipinski definition) is 8. The molecule has 8 nitrogen and oxygen atoms in total. The number of urea groups is 1. The molecule has 3 aromatic rings. The summed E-state index contributed by atoms with van der Waals surface area (Å²) in [5.41, 5.74) is 1.58. The summed E-state index contributed by atoms with van der Waals surface area (Å²) in [5.74, 6) is -0.769. The summed E-state index contributed by atoms with van der Waals surface area (Å²) in [7, 11) is 0. The van der Waals surface area contributed by atoms with Gasteiger partial charge in [-0.3, -0.25) is 14.9 Å². The smallest absolute Gasteiger partial charge is 0.321 e. The van der Waals surface area contributed by atoms with E-state index >= 15 is 0 Å². The van der Waals surface area contributed by atoms with E-state index in [4.69, 9.17) is 9.15 Å². The summed E-state index contributed by atoms with van der Waals surface area (Å²) >= 11 is 3.00. The predicted octanol–water partition coefficient (Wildman–Crippen LogP) is 2.58. The van der Waals surface area contributed by atoms with E-state index in [1.54, 1.807) is 28.8 Å². The second kappa shape index (κ2) is 9.10. The Kier molecular flexibility index (Phi) is 6.34. The zero-order chi connectivity index (χ0) is 19.1. The molecule has 0 unspecified atom stereocenters. The molecule has 0 saturated heterocycles. The number of rotatable bonds is 7. The topological polar surface area (TPSA) is 111 Å². The van der Waals surface area contributed by atoms with Crippen molar-refractivity contribution in [3.63, 3.8) is 0 Å². The Balaban J connectivity index is 1.37. The maximum absolute atomic E-state index is 11.8. The van der Waals surface area contributed by atoms with Crippen molar-refractivity contribution in [1.82, 2.24) is 15.6 Å². The van der Waals surface area contributed by atoms with Crippen molar-refractivity contribution in [2.24, 2.45) is 0 Å². The molecule has 3 aromatic heterocycles. The highest BCUT2D eigenvalue weighted by atomic mass is 32.1. The van der Waals surface area contributed by atoms with Crippen LogP contribution in [0.4, 0.5) is 4.79 Å². The third-order valence-electron chi connectivity index (χ3n) is 3.27. The lowest BCUT2D eigenvalue weighted by Gasteiger charge is -2.06. The number of nitrogens with zero attached hydrogens (tertiary/aromatic N) is 1. The average molecular weight is 405 g/mol. The number of nitrogens with one attached hydrogen (secondary N) is 2. The summed E-state index contributed by atoms with van der Waals surface area (Å²) in [6.07, 6.45) is 1.43. The molecule has 0 aromatic carbocycles. The molecule has 0 aliphatic carbocycles. The maximum Gasteiger partial charge on any atom is 0.321 e. The first kappa shape index (κ1) is 18.8. The molecule has 27 heavy (non-hydrogen) atoms. The number of carbonyl (C=O) groups is 3. The fourth-order valence-electron chi connectivity index (χ4n) is 2.04. The van der Waals surface area contributed by atoms with Gasteiger partial charge in [-0.15, -0.1) is 11.3 Å². The molecule has 0 fully saturated rings. The number of ether oxygens (including phenoxy) is 1. The molecule has 0 aliphatic rings. The minimum Gasteiger partial charge on any atom is -0.467 e. The first-order valence-corrected chi connectivity index (χ1v) is 9.65. The van der Waals surface area contributed by atoms with Crippen LogP contribution in [0.2, 0.25) is 0 Å². The van der Waals surface area contributed by atoms with E-state index in [2.05, 4.69) is 15.6 Å². The van der Waals surface area contributed by atoms with E-state index in [9.17, 15) is 14.4 Å². The van der Waals surface area contributed by atoms with Gasteiger partial charge < -0.3 is 14.5 Å². The molecule has 0 spiro atoms. The van der Waals surface area contributed by atoms with Crippen LogP contribution in [0.1, 0.15) is 11.5 Å². The third-order valence-corrected chi connectivity index (χ3v) is 4.89. The maximum atomic E-state index is 11.8. The van der Waals surface area contributed by atoms with Crippen LogP contribution in [0.5, 0.6) is 0 Å². The summed E-state index contributed by atoms with van der Waals surface area (Å²) in [6, 6.07) is 4.62. The van der Waals surface area contributed by atoms with Gasteiger partial charge in [-0.25, -0.2) is 9.78 Å². The van der Waals surface area contributed by atoms with Crippen LogP contribution >= 0.6 is 22.7 Å². The van der Waals surface area contributed by atoms with Gasteiger partial charge in [0.2, 0.25) is 0 Å². The molecule has 3 amide bonds. The lowest BCUT2D eigenvalue weighted by atomic mass is 10.3. The van der Waals surface area contributed by atoms with Crippen LogP contribution in [0.3, 0.4) is 0 Å². The Morgan fingerprint density at radius 3 is 2.85 bits per heavy atom. The molecule has 0 saturated carbocycles. The Labute approximate surface area is 162 Å². The molecule has 0 bridgehead atoms. The number of furan rings is 1. The number of amides is 3. The van der Waals surface area contributed by atoms with Crippen molar-refractivity contribution in [3.05, 3.63) is 52.1 Å². The van der Waals surface area contributed by atoms with Crippen LogP contribution in [0.15, 0.2) is 45.0 Å². The first-order chi connectivity index (χ1) is 13.1. The summed E-state index contributed by atoms with van der Waals surface area (Å²) in [4.78, 5) is 39.4. The largest absolute Gasteiger partial charge is 0.467 e. The highest BCUT2D eigenvalue weighted by Gasteiger charge is 2.13. The van der Waals surface area contributed by atoms with Crippen LogP contribution in [0.25, 0.3) is 10.6 Å². The zero-order valence-electron chi connectivity index (χ0n) is 14.0. The van der Waals surface area contributed by atoms with Gasteiger partial charge in [-0.2, -0.15) is 11.3 Å². The number of hydrogen-bond donors (Lipinski definition) is 2. The molecule has 3 rings (SSSR count).